The van der Waals surface area contributed by atoms with Gasteiger partial charge in [-0.2, -0.15) is 0 Å². The number of hydrogen-bond donors (Lipinski definition) is 2. The van der Waals surface area contributed by atoms with E-state index in [-0.39, 0.29) is 48.7 Å². The molecule has 486 valence electrons. The van der Waals surface area contributed by atoms with Crippen LogP contribution >= 0.6 is 11.3 Å². The van der Waals surface area contributed by atoms with E-state index < -0.39 is 10.0 Å². The highest BCUT2D eigenvalue weighted by Crippen LogP contribution is 2.31. The van der Waals surface area contributed by atoms with E-state index in [4.69, 9.17) is 9.56 Å². The molecule has 10 heteroatoms. The number of nitrogens with two attached hydrogens (primary N) is 1. The lowest BCUT2D eigenvalue weighted by Gasteiger charge is -2.23. The standard InChI is InChI=1S/C10H16S.C8H14N2O.C8H15NO.C8H18.4C7H16.C6H15NO2S.2CH4/c1-8-5-9(7-11-8)6-10(2,3)4;1-6-9-10-7(11-6)5-8(2,3)4;1-8(2,3)6-4-5-9-7(6)10;1-5-6-7-8(2,3)4;4*1-5-6-7(2,3)4;1-6(2,3)4-5-10(7,8)9;;/h5,7H,6H2,1-4H3;5H2,1-4H3;6H,4-5H2,1-3H3,(H,9,10);5-7H2,1-4H3;4*5-6H2,1-4H3;4-5H2,1-3H3,(H2,7,8,9);2*1H4. The highest BCUT2D eigenvalue weighted by atomic mass is 32.2. The zero-order chi connectivity index (χ0) is 63.4. The first-order chi connectivity index (χ1) is 34.5. The van der Waals surface area contributed by atoms with Crippen molar-refractivity contribution in [2.24, 2.45) is 59.8 Å². The van der Waals surface area contributed by atoms with Crippen molar-refractivity contribution in [1.29, 1.82) is 0 Å². The van der Waals surface area contributed by atoms with Gasteiger partial charge in [-0.05, 0) is 124 Å². The number of unbranched alkanes of at least 4 members (excludes halogenated alkanes) is 1. The molecule has 80 heavy (non-hydrogen) atoms. The Kier molecular flexibility index (Phi) is 52.8. The van der Waals surface area contributed by atoms with Crippen LogP contribution in [0.2, 0.25) is 0 Å². The number of carbonyl (C=O) groups is 1. The summed E-state index contributed by atoms with van der Waals surface area (Å²) >= 11 is 1.85. The lowest BCUT2D eigenvalue weighted by atomic mass is 9.80. The van der Waals surface area contributed by atoms with Crippen LogP contribution in [0.4, 0.5) is 0 Å². The molecule has 1 amide bonds. The summed E-state index contributed by atoms with van der Waals surface area (Å²) in [6.45, 7) is 75.7. The lowest BCUT2D eigenvalue weighted by Crippen LogP contribution is -2.28. The molecule has 1 fully saturated rings. The summed E-state index contributed by atoms with van der Waals surface area (Å²) in [5, 5.41) is 17.6. The number of amides is 1. The Labute approximate surface area is 510 Å². The number of carbonyl (C=O) groups excluding carboxylic acids is 1. The molecular weight excluding hydrogens is 1020 g/mol. The Balaban J connectivity index is -0.000000122. The van der Waals surface area contributed by atoms with Crippen LogP contribution < -0.4 is 10.5 Å². The third-order valence-electron chi connectivity index (χ3n) is 11.3. The second kappa shape index (κ2) is 44.7. The van der Waals surface area contributed by atoms with E-state index in [1.165, 1.54) is 87.5 Å². The number of thiophene rings is 1. The van der Waals surface area contributed by atoms with Crippen molar-refractivity contribution >= 4 is 27.3 Å². The Morgan fingerprint density at radius 2 is 0.887 bits per heavy atom. The summed E-state index contributed by atoms with van der Waals surface area (Å²) in [7, 11) is -3.26. The van der Waals surface area contributed by atoms with Gasteiger partial charge >= 0.3 is 0 Å². The minimum atomic E-state index is -3.26. The largest absolute Gasteiger partial charge is 0.426 e. The van der Waals surface area contributed by atoms with Crippen LogP contribution in [0.1, 0.15) is 342 Å². The van der Waals surface area contributed by atoms with Gasteiger partial charge in [0.05, 0.1) is 5.75 Å². The monoisotopic (exact) mass is 1180 g/mol. The molecule has 3 N–H and O–H groups in total. The molecule has 0 saturated carbocycles. The van der Waals surface area contributed by atoms with Crippen molar-refractivity contribution in [3.63, 3.8) is 0 Å². The Morgan fingerprint density at radius 1 is 0.537 bits per heavy atom. The number of sulfonamides is 1. The molecule has 0 aromatic carbocycles. The fraction of sp³-hybridized carbons (Fsp3) is 0.900. The van der Waals surface area contributed by atoms with Gasteiger partial charge in [0.2, 0.25) is 27.7 Å². The van der Waals surface area contributed by atoms with E-state index in [1.807, 2.05) is 32.1 Å². The normalized spacial score (nSPS) is 13.7. The third-order valence-corrected chi connectivity index (χ3v) is 13.0. The first-order valence-corrected chi connectivity index (χ1v) is 33.2. The maximum absolute atomic E-state index is 11.1. The molecule has 2 aromatic heterocycles. The van der Waals surface area contributed by atoms with E-state index in [0.29, 0.717) is 44.8 Å². The topological polar surface area (TPSA) is 128 Å². The third kappa shape index (κ3) is 87.5. The van der Waals surface area contributed by atoms with Crippen LogP contribution in [0.15, 0.2) is 15.9 Å². The molecule has 0 bridgehead atoms. The van der Waals surface area contributed by atoms with Crippen LogP contribution in [0.25, 0.3) is 0 Å². The van der Waals surface area contributed by atoms with Gasteiger partial charge in [0.15, 0.2) is 0 Å². The minimum Gasteiger partial charge on any atom is -0.426 e. The van der Waals surface area contributed by atoms with Gasteiger partial charge in [-0.25, -0.2) is 13.6 Å². The zero-order valence-electron chi connectivity index (χ0n) is 59.2. The molecule has 0 aliphatic carbocycles. The summed E-state index contributed by atoms with van der Waals surface area (Å²) in [6.07, 6.45) is 18.3. The van der Waals surface area contributed by atoms with Crippen molar-refractivity contribution in [3.05, 3.63) is 33.7 Å². The van der Waals surface area contributed by atoms with Gasteiger partial charge < -0.3 is 9.73 Å². The molecular formula is C70H150N4O4S2. The minimum absolute atomic E-state index is 0. The maximum atomic E-state index is 11.1. The zero-order valence-corrected chi connectivity index (χ0v) is 60.8. The fourth-order valence-corrected chi connectivity index (χ4v) is 9.25. The Morgan fingerprint density at radius 3 is 1.04 bits per heavy atom. The fourth-order valence-electron chi connectivity index (χ4n) is 7.64. The van der Waals surface area contributed by atoms with Gasteiger partial charge in [-0.3, -0.25) is 4.79 Å². The molecule has 1 atom stereocenters. The van der Waals surface area contributed by atoms with E-state index in [2.05, 4.69) is 235 Å². The molecule has 1 unspecified atom stereocenters. The van der Waals surface area contributed by atoms with E-state index in [1.54, 1.807) is 6.92 Å². The van der Waals surface area contributed by atoms with Crippen molar-refractivity contribution in [1.82, 2.24) is 15.5 Å². The molecule has 3 rings (SSSR count). The summed E-state index contributed by atoms with van der Waals surface area (Å²) in [4.78, 5) is 12.5. The van der Waals surface area contributed by atoms with Gasteiger partial charge in [0.1, 0.15) is 0 Å². The molecule has 1 saturated heterocycles. The number of nitrogens with one attached hydrogen (secondary N) is 1. The summed E-state index contributed by atoms with van der Waals surface area (Å²) in [6, 6.07) is 2.29. The number of rotatable bonds is 10. The highest BCUT2D eigenvalue weighted by molar-refractivity contribution is 7.89. The van der Waals surface area contributed by atoms with Crippen LogP contribution in [-0.2, 0) is 27.7 Å². The van der Waals surface area contributed by atoms with Crippen molar-refractivity contribution in [3.8, 4) is 0 Å². The highest BCUT2D eigenvalue weighted by Gasteiger charge is 2.34. The average molecular weight is 1180 g/mol. The SMILES string of the molecule is C.C.CC(C)(C)C1CCNC1=O.CC(C)(C)CCS(N)(=O)=O.CCCC(C)(C)C.CCCC(C)(C)C.CCCC(C)(C)C.CCCC(C)(C)C.CCCCC(C)(C)C.Cc1cc(CC(C)(C)C)cs1.Cc1nnc(CC(C)(C)C)o1. The Bertz CT molecular complexity index is 1700. The quantitative estimate of drug-likeness (QED) is 0.244. The average Bonchev–Trinajstić information content (AvgIpc) is 3.91. The smallest absolute Gasteiger partial charge is 0.223 e. The van der Waals surface area contributed by atoms with Crippen LogP contribution in [0, 0.1) is 68.5 Å². The number of hydrogen-bond acceptors (Lipinski definition) is 7. The molecule has 1 aliphatic heterocycles. The van der Waals surface area contributed by atoms with E-state index in [9.17, 15) is 13.2 Å². The van der Waals surface area contributed by atoms with Crippen molar-refractivity contribution < 1.29 is 17.6 Å². The molecule has 8 nitrogen and oxygen atoms in total. The predicted molar refractivity (Wildman–Crippen MR) is 367 cm³/mol. The lowest BCUT2D eigenvalue weighted by molar-refractivity contribution is -0.125. The summed E-state index contributed by atoms with van der Waals surface area (Å²) in [5.74, 6) is 1.91. The van der Waals surface area contributed by atoms with Gasteiger partial charge in [-0.15, -0.1) is 21.5 Å². The van der Waals surface area contributed by atoms with Crippen LogP contribution in [0.3, 0.4) is 0 Å². The van der Waals surface area contributed by atoms with Crippen LogP contribution in [0.5, 0.6) is 0 Å². The van der Waals surface area contributed by atoms with E-state index >= 15 is 0 Å². The second-order valence-corrected chi connectivity index (χ2v) is 35.7. The van der Waals surface area contributed by atoms with Gasteiger partial charge in [-0.1, -0.05) is 275 Å². The van der Waals surface area contributed by atoms with Gasteiger partial charge in [0.25, 0.3) is 0 Å². The Hall–Kier alpha value is -1.78. The van der Waals surface area contributed by atoms with Crippen molar-refractivity contribution in [2.75, 3.05) is 12.3 Å². The summed E-state index contributed by atoms with van der Waals surface area (Å²) < 4.78 is 26.1. The van der Waals surface area contributed by atoms with Crippen LogP contribution in [-0.4, -0.2) is 36.8 Å². The summed E-state index contributed by atoms with van der Waals surface area (Å²) in [5.41, 5.74) is 5.07. The van der Waals surface area contributed by atoms with Gasteiger partial charge in [0, 0.05) is 30.7 Å². The number of aryl methyl sites for hydroxylation is 2. The predicted octanol–water partition coefficient (Wildman–Crippen LogP) is 23.3. The molecule has 2 aromatic rings. The molecule has 3 heterocycles. The number of nitrogens with zero attached hydrogens (tertiary/aromatic N) is 2. The molecule has 0 spiro atoms. The number of primary sulfonamides is 1. The first kappa shape index (κ1) is 94.6. The van der Waals surface area contributed by atoms with Crippen molar-refractivity contribution in [2.45, 2.75) is 347 Å². The maximum Gasteiger partial charge on any atom is 0.223 e. The second-order valence-electron chi connectivity index (χ2n) is 32.8. The number of aromatic nitrogens is 2. The molecule has 0 radical (unpaired) electrons. The van der Waals surface area contributed by atoms with E-state index in [0.717, 1.165) is 25.3 Å². The molecule has 1 aliphatic rings. The first-order valence-electron chi connectivity index (χ1n) is 30.6.